The van der Waals surface area contributed by atoms with Gasteiger partial charge in [-0.3, -0.25) is 4.68 Å². The minimum Gasteiger partial charge on any atom is -0.383 e. The first kappa shape index (κ1) is 26.6. The fourth-order valence-electron chi connectivity index (χ4n) is 5.60. The third-order valence-electron chi connectivity index (χ3n) is 7.46. The topological polar surface area (TPSA) is 118 Å². The van der Waals surface area contributed by atoms with Crippen LogP contribution >= 0.6 is 0 Å². The number of alkyl halides is 3. The van der Waals surface area contributed by atoms with Crippen LogP contribution in [-0.4, -0.2) is 49.1 Å². The second kappa shape index (κ2) is 9.32. The molecule has 2 aromatic heterocycles. The highest BCUT2D eigenvalue weighted by molar-refractivity contribution is 5.75. The van der Waals surface area contributed by atoms with Crippen molar-refractivity contribution >= 4 is 11.8 Å². The van der Waals surface area contributed by atoms with Gasteiger partial charge in [0.2, 0.25) is 0 Å². The fraction of sp³-hybridized carbons (Fsp3) is 0.481. The number of hydrogen-bond acceptors (Lipinski definition) is 5. The summed E-state index contributed by atoms with van der Waals surface area (Å²) in [7, 11) is 0. The van der Waals surface area contributed by atoms with Crippen LogP contribution in [-0.2, 0) is 12.7 Å². The van der Waals surface area contributed by atoms with Gasteiger partial charge in [-0.05, 0) is 63.1 Å². The molecular weight excluding hydrogens is 509 g/mol. The summed E-state index contributed by atoms with van der Waals surface area (Å²) in [5.41, 5.74) is 6.99. The Labute approximate surface area is 224 Å². The van der Waals surface area contributed by atoms with Crippen LogP contribution in [0, 0.1) is 16.7 Å². The summed E-state index contributed by atoms with van der Waals surface area (Å²) >= 11 is 0. The quantitative estimate of drug-likeness (QED) is 0.493. The van der Waals surface area contributed by atoms with Crippen molar-refractivity contribution in [3.8, 4) is 17.3 Å². The summed E-state index contributed by atoms with van der Waals surface area (Å²) in [5, 5.41) is 21.8. The molecule has 2 amide bonds. The number of rotatable bonds is 4. The van der Waals surface area contributed by atoms with Gasteiger partial charge in [0.25, 0.3) is 0 Å². The number of amides is 2. The number of benzene rings is 1. The molecule has 2 fully saturated rings. The SMILES string of the molecule is CC(C)(C)NC(=O)N1CCC2(CC(n3nc(-c4cnn(Cc5cccc(C(F)(F)F)c5)c4)c(C#N)c3N)C2)C1. The minimum atomic E-state index is -4.42. The van der Waals surface area contributed by atoms with Gasteiger partial charge in [0, 0.05) is 30.4 Å². The van der Waals surface area contributed by atoms with Crippen LogP contribution in [0.4, 0.5) is 23.8 Å². The molecule has 2 aliphatic rings. The van der Waals surface area contributed by atoms with Gasteiger partial charge < -0.3 is 16.0 Å². The number of urea groups is 1. The molecule has 3 aromatic rings. The molecule has 0 atom stereocenters. The average Bonchev–Trinajstić information content (AvgIpc) is 3.54. The lowest BCUT2D eigenvalue weighted by Crippen LogP contribution is -2.49. The molecule has 206 valence electrons. The Morgan fingerprint density at radius 1 is 1.28 bits per heavy atom. The Kier molecular flexibility index (Phi) is 6.36. The Morgan fingerprint density at radius 2 is 2.03 bits per heavy atom. The van der Waals surface area contributed by atoms with Crippen LogP contribution in [0.25, 0.3) is 11.3 Å². The van der Waals surface area contributed by atoms with Crippen molar-refractivity contribution in [1.82, 2.24) is 29.8 Å². The maximum Gasteiger partial charge on any atom is 0.416 e. The first-order chi connectivity index (χ1) is 18.3. The second-order valence-electron chi connectivity index (χ2n) is 11.7. The molecule has 1 saturated heterocycles. The molecule has 3 heterocycles. The van der Waals surface area contributed by atoms with Crippen molar-refractivity contribution in [2.75, 3.05) is 18.8 Å². The molecule has 1 aromatic carbocycles. The molecule has 1 spiro atoms. The Morgan fingerprint density at radius 3 is 2.69 bits per heavy atom. The lowest BCUT2D eigenvalue weighted by atomic mass is 9.65. The van der Waals surface area contributed by atoms with Crippen molar-refractivity contribution < 1.29 is 18.0 Å². The van der Waals surface area contributed by atoms with E-state index in [4.69, 9.17) is 5.73 Å². The van der Waals surface area contributed by atoms with Crippen LogP contribution in [0.15, 0.2) is 36.7 Å². The molecule has 0 bridgehead atoms. The molecule has 0 radical (unpaired) electrons. The predicted octanol–water partition coefficient (Wildman–Crippen LogP) is 4.80. The lowest BCUT2D eigenvalue weighted by molar-refractivity contribution is -0.137. The predicted molar refractivity (Wildman–Crippen MR) is 138 cm³/mol. The van der Waals surface area contributed by atoms with Crippen LogP contribution in [0.5, 0.6) is 0 Å². The fourth-order valence-corrected chi connectivity index (χ4v) is 5.60. The van der Waals surface area contributed by atoms with Crippen molar-refractivity contribution in [2.24, 2.45) is 5.41 Å². The Hall–Kier alpha value is -4.01. The number of likely N-dealkylation sites (tertiary alicyclic amines) is 1. The standard InChI is InChI=1S/C27H31F3N8O/c1-25(2,3)34-24(39)36-8-7-26(16-36)10-20(11-26)38-23(32)21(12-31)22(35-38)18-13-33-37(15-18)14-17-5-4-6-19(9-17)27(28,29)30/h4-6,9,13,15,20H,7-8,10-11,14,16,32H2,1-3H3,(H,34,39). The van der Waals surface area contributed by atoms with Crippen molar-refractivity contribution in [3.05, 3.63) is 53.3 Å². The van der Waals surface area contributed by atoms with E-state index >= 15 is 0 Å². The molecule has 9 nitrogen and oxygen atoms in total. The van der Waals surface area contributed by atoms with Gasteiger partial charge in [-0.2, -0.15) is 28.6 Å². The first-order valence-corrected chi connectivity index (χ1v) is 12.8. The molecular formula is C27H31F3N8O. The van der Waals surface area contributed by atoms with E-state index in [0.29, 0.717) is 29.9 Å². The zero-order valence-electron chi connectivity index (χ0n) is 22.1. The van der Waals surface area contributed by atoms with Crippen LogP contribution in [0.1, 0.15) is 62.8 Å². The molecule has 39 heavy (non-hydrogen) atoms. The van der Waals surface area contributed by atoms with Gasteiger partial charge in [-0.25, -0.2) is 9.48 Å². The second-order valence-corrected chi connectivity index (χ2v) is 11.7. The number of nitrogen functional groups attached to an aromatic ring is 1. The van der Waals surface area contributed by atoms with Crippen molar-refractivity contribution in [2.45, 2.75) is 64.3 Å². The number of nitrogens with two attached hydrogens (primary N) is 1. The van der Waals surface area contributed by atoms with Gasteiger partial charge in [-0.1, -0.05) is 12.1 Å². The maximum absolute atomic E-state index is 13.1. The molecule has 1 aliphatic heterocycles. The van der Waals surface area contributed by atoms with Gasteiger partial charge >= 0.3 is 12.2 Å². The summed E-state index contributed by atoms with van der Waals surface area (Å²) in [4.78, 5) is 14.5. The van der Waals surface area contributed by atoms with Gasteiger partial charge in [-0.15, -0.1) is 0 Å². The largest absolute Gasteiger partial charge is 0.416 e. The Bertz CT molecular complexity index is 1440. The van der Waals surface area contributed by atoms with E-state index in [1.807, 2.05) is 25.7 Å². The molecule has 1 saturated carbocycles. The zero-order valence-corrected chi connectivity index (χ0v) is 22.1. The third kappa shape index (κ3) is 5.30. The van der Waals surface area contributed by atoms with E-state index in [0.717, 1.165) is 31.4 Å². The zero-order chi connectivity index (χ0) is 28.2. The molecule has 0 unspecified atom stereocenters. The number of nitriles is 1. The van der Waals surface area contributed by atoms with E-state index in [9.17, 15) is 23.2 Å². The summed E-state index contributed by atoms with van der Waals surface area (Å²) in [6.07, 6.45) is 1.27. The highest BCUT2D eigenvalue weighted by Crippen LogP contribution is 2.54. The highest BCUT2D eigenvalue weighted by atomic mass is 19.4. The molecule has 12 heteroatoms. The monoisotopic (exact) mass is 540 g/mol. The van der Waals surface area contributed by atoms with Crippen molar-refractivity contribution in [3.63, 3.8) is 0 Å². The number of carbonyl (C=O) groups excluding carboxylic acids is 1. The maximum atomic E-state index is 13.1. The summed E-state index contributed by atoms with van der Waals surface area (Å²) in [5.74, 6) is 0.276. The average molecular weight is 541 g/mol. The molecule has 5 rings (SSSR count). The van der Waals surface area contributed by atoms with E-state index in [1.165, 1.54) is 16.9 Å². The summed E-state index contributed by atoms with van der Waals surface area (Å²) < 4.78 is 42.4. The number of hydrogen-bond donors (Lipinski definition) is 2. The third-order valence-corrected chi connectivity index (χ3v) is 7.46. The summed E-state index contributed by atoms with van der Waals surface area (Å²) in [6.45, 7) is 7.37. The summed E-state index contributed by atoms with van der Waals surface area (Å²) in [6, 6.07) is 7.19. The van der Waals surface area contributed by atoms with Crippen molar-refractivity contribution in [1.29, 1.82) is 5.26 Å². The van der Waals surface area contributed by atoms with Gasteiger partial charge in [0.05, 0.1) is 24.3 Å². The van der Waals surface area contributed by atoms with Crippen LogP contribution in [0.3, 0.4) is 0 Å². The lowest BCUT2D eigenvalue weighted by Gasteiger charge is -2.45. The van der Waals surface area contributed by atoms with E-state index in [-0.39, 0.29) is 41.0 Å². The molecule has 3 N–H and O–H groups in total. The van der Waals surface area contributed by atoms with Crippen LogP contribution < -0.4 is 11.1 Å². The van der Waals surface area contributed by atoms with E-state index in [2.05, 4.69) is 21.6 Å². The van der Waals surface area contributed by atoms with Gasteiger partial charge in [0.15, 0.2) is 0 Å². The van der Waals surface area contributed by atoms with E-state index in [1.54, 1.807) is 16.9 Å². The van der Waals surface area contributed by atoms with E-state index < -0.39 is 11.7 Å². The highest BCUT2D eigenvalue weighted by Gasteiger charge is 2.51. The molecule has 1 aliphatic carbocycles. The smallest absolute Gasteiger partial charge is 0.383 e. The number of nitrogens with zero attached hydrogens (tertiary/aromatic N) is 6. The van der Waals surface area contributed by atoms with Gasteiger partial charge in [0.1, 0.15) is 23.1 Å². The number of carbonyl (C=O) groups is 1. The normalized spacial score (nSPS) is 21.2. The number of nitrogens with one attached hydrogen (secondary N) is 1. The first-order valence-electron chi connectivity index (χ1n) is 12.8. The number of anilines is 1. The number of aromatic nitrogens is 4. The van der Waals surface area contributed by atoms with Crippen LogP contribution in [0.2, 0.25) is 0 Å². The number of halogens is 3. The minimum absolute atomic E-state index is 0.0108. The Balaban J connectivity index is 1.29.